The number of rotatable bonds is 4. The summed E-state index contributed by atoms with van der Waals surface area (Å²) in [7, 11) is -3.92. The van der Waals surface area contributed by atoms with E-state index in [1.807, 2.05) is 13.8 Å². The van der Waals surface area contributed by atoms with Gasteiger partial charge in [-0.05, 0) is 37.7 Å². The van der Waals surface area contributed by atoms with Gasteiger partial charge in [0.05, 0.1) is 9.82 Å². The van der Waals surface area contributed by atoms with Crippen LogP contribution in [0.4, 0.5) is 5.69 Å². The Balaban J connectivity index is 2.29. The molecule has 1 aliphatic rings. The van der Waals surface area contributed by atoms with E-state index in [1.54, 1.807) is 6.92 Å². The lowest BCUT2D eigenvalue weighted by atomic mass is 9.81. The molecule has 1 N–H and O–H groups in total. The molecule has 126 valence electrons. The van der Waals surface area contributed by atoms with E-state index in [4.69, 9.17) is 0 Å². The Morgan fingerprint density at radius 1 is 1.26 bits per heavy atom. The van der Waals surface area contributed by atoms with Gasteiger partial charge in [0.1, 0.15) is 0 Å². The van der Waals surface area contributed by atoms with Crippen LogP contribution in [0.15, 0.2) is 28.2 Å². The van der Waals surface area contributed by atoms with Crippen molar-refractivity contribution in [3.63, 3.8) is 0 Å². The summed E-state index contributed by atoms with van der Waals surface area (Å²) in [6.07, 6.45) is 3.08. The molecule has 7 nitrogen and oxygen atoms in total. The van der Waals surface area contributed by atoms with Crippen LogP contribution in [0.2, 0.25) is 0 Å². The van der Waals surface area contributed by atoms with E-state index in [0.29, 0.717) is 5.56 Å². The highest BCUT2D eigenvalue weighted by atomic mass is 32.2. The summed E-state index contributed by atoms with van der Waals surface area (Å²) in [5.41, 5.74) is 1.02. The molecule has 0 heterocycles. The second kappa shape index (κ2) is 6.66. The third-order valence-corrected chi connectivity index (χ3v) is 5.47. The number of nitro groups is 1. The molecule has 0 radical (unpaired) electrons. The van der Waals surface area contributed by atoms with Crippen LogP contribution in [0.25, 0.3) is 0 Å². The molecular weight excluding hydrogens is 318 g/mol. The monoisotopic (exact) mass is 339 g/mol. The van der Waals surface area contributed by atoms with E-state index in [-0.39, 0.29) is 22.4 Å². The van der Waals surface area contributed by atoms with Crippen LogP contribution in [-0.4, -0.2) is 19.1 Å². The first-order chi connectivity index (χ1) is 10.7. The number of sulfonamides is 1. The third-order valence-electron chi connectivity index (χ3n) is 4.27. The minimum atomic E-state index is -3.92. The maximum absolute atomic E-state index is 12.3. The molecule has 1 saturated carbocycles. The number of hydrazone groups is 1. The van der Waals surface area contributed by atoms with E-state index in [9.17, 15) is 18.5 Å². The standard InChI is InChI=1S/C15H21N3O4S/c1-10-7-8-13(9-14(10)18(19)20)23(21,22)17-16-15-11(2)5-4-6-12(15)3/h7-9,11-12,17H,4-6H2,1-3H3/t11-,12-/m0/s1. The molecular formula is C15H21N3O4S. The topological polar surface area (TPSA) is 102 Å². The maximum atomic E-state index is 12.3. The van der Waals surface area contributed by atoms with Crippen LogP contribution in [0.3, 0.4) is 0 Å². The fraction of sp³-hybridized carbons (Fsp3) is 0.533. The van der Waals surface area contributed by atoms with E-state index in [1.165, 1.54) is 12.1 Å². The quantitative estimate of drug-likeness (QED) is 0.673. The average molecular weight is 339 g/mol. The number of benzene rings is 1. The van der Waals surface area contributed by atoms with Crippen molar-refractivity contribution in [1.29, 1.82) is 0 Å². The summed E-state index contributed by atoms with van der Waals surface area (Å²) in [5, 5.41) is 15.1. The molecule has 0 spiro atoms. The van der Waals surface area contributed by atoms with Gasteiger partial charge in [-0.1, -0.05) is 26.3 Å². The number of hydrogen-bond acceptors (Lipinski definition) is 5. The van der Waals surface area contributed by atoms with Crippen LogP contribution >= 0.6 is 0 Å². The molecule has 1 aliphatic carbocycles. The Hall–Kier alpha value is -1.96. The highest BCUT2D eigenvalue weighted by Gasteiger charge is 2.24. The average Bonchev–Trinajstić information content (AvgIpc) is 2.46. The number of aryl methyl sites for hydroxylation is 1. The number of hydrogen-bond donors (Lipinski definition) is 1. The Morgan fingerprint density at radius 3 is 2.43 bits per heavy atom. The predicted octanol–water partition coefficient (Wildman–Crippen LogP) is 2.99. The lowest BCUT2D eigenvalue weighted by molar-refractivity contribution is -0.385. The molecule has 0 amide bonds. The molecule has 23 heavy (non-hydrogen) atoms. The zero-order valence-electron chi connectivity index (χ0n) is 13.4. The first-order valence-corrected chi connectivity index (χ1v) is 9.05. The highest BCUT2D eigenvalue weighted by molar-refractivity contribution is 7.89. The van der Waals surface area contributed by atoms with Crippen LogP contribution in [-0.2, 0) is 10.0 Å². The normalized spacial score (nSPS) is 21.8. The first kappa shape index (κ1) is 17.4. The summed E-state index contributed by atoms with van der Waals surface area (Å²) in [5.74, 6) is 0.461. The molecule has 0 bridgehead atoms. The Morgan fingerprint density at radius 2 is 1.87 bits per heavy atom. The summed E-state index contributed by atoms with van der Waals surface area (Å²) in [4.78, 5) is 12.4. The zero-order valence-corrected chi connectivity index (χ0v) is 14.3. The van der Waals surface area contributed by atoms with Gasteiger partial charge in [0, 0.05) is 17.3 Å². The predicted molar refractivity (Wildman–Crippen MR) is 87.8 cm³/mol. The van der Waals surface area contributed by atoms with Crippen LogP contribution in [0.1, 0.15) is 38.7 Å². The molecule has 2 atom stereocenters. The smallest absolute Gasteiger partial charge is 0.258 e. The highest BCUT2D eigenvalue weighted by Crippen LogP contribution is 2.26. The minimum absolute atomic E-state index is 0.157. The van der Waals surface area contributed by atoms with Crippen molar-refractivity contribution in [1.82, 2.24) is 4.83 Å². The molecule has 1 fully saturated rings. The number of nitrogens with zero attached hydrogens (tertiary/aromatic N) is 2. The molecule has 1 aromatic rings. The summed E-state index contributed by atoms with van der Waals surface area (Å²) in [6, 6.07) is 3.83. The number of nitrogens with one attached hydrogen (secondary N) is 1. The van der Waals surface area contributed by atoms with Gasteiger partial charge in [-0.25, -0.2) is 4.83 Å². The van der Waals surface area contributed by atoms with E-state index >= 15 is 0 Å². The van der Waals surface area contributed by atoms with Gasteiger partial charge in [0.2, 0.25) is 0 Å². The van der Waals surface area contributed by atoms with Crippen molar-refractivity contribution in [2.45, 2.75) is 44.9 Å². The van der Waals surface area contributed by atoms with Crippen LogP contribution in [0.5, 0.6) is 0 Å². The van der Waals surface area contributed by atoms with Gasteiger partial charge in [0.15, 0.2) is 0 Å². The SMILES string of the molecule is Cc1ccc(S(=O)(=O)NN=C2[C@@H](C)CCC[C@@H]2C)cc1[N+](=O)[O-]. The summed E-state index contributed by atoms with van der Waals surface area (Å²) >= 11 is 0. The Labute approximate surface area is 136 Å². The van der Waals surface area contributed by atoms with Crippen molar-refractivity contribution in [2.24, 2.45) is 16.9 Å². The maximum Gasteiger partial charge on any atom is 0.276 e. The Kier molecular flexibility index (Phi) is 5.03. The van der Waals surface area contributed by atoms with Crippen molar-refractivity contribution in [3.05, 3.63) is 33.9 Å². The van der Waals surface area contributed by atoms with Gasteiger partial charge in [-0.3, -0.25) is 10.1 Å². The largest absolute Gasteiger partial charge is 0.276 e. The molecule has 0 unspecified atom stereocenters. The molecule has 0 aliphatic heterocycles. The second-order valence-corrected chi connectivity index (χ2v) is 7.73. The Bertz CT molecular complexity index is 731. The second-order valence-electron chi connectivity index (χ2n) is 6.07. The van der Waals surface area contributed by atoms with Gasteiger partial charge in [-0.15, -0.1) is 0 Å². The van der Waals surface area contributed by atoms with Crippen molar-refractivity contribution in [3.8, 4) is 0 Å². The minimum Gasteiger partial charge on any atom is -0.258 e. The van der Waals surface area contributed by atoms with E-state index < -0.39 is 14.9 Å². The van der Waals surface area contributed by atoms with Gasteiger partial charge in [-0.2, -0.15) is 13.5 Å². The lowest BCUT2D eigenvalue weighted by Gasteiger charge is -2.26. The van der Waals surface area contributed by atoms with Gasteiger partial charge in [0.25, 0.3) is 15.7 Å². The first-order valence-electron chi connectivity index (χ1n) is 7.56. The zero-order chi connectivity index (χ0) is 17.2. The van der Waals surface area contributed by atoms with Gasteiger partial charge >= 0.3 is 0 Å². The summed E-state index contributed by atoms with van der Waals surface area (Å²) < 4.78 is 24.7. The van der Waals surface area contributed by atoms with Crippen molar-refractivity contribution in [2.75, 3.05) is 0 Å². The van der Waals surface area contributed by atoms with Crippen LogP contribution in [0, 0.1) is 28.9 Å². The fourth-order valence-electron chi connectivity index (χ4n) is 2.85. The lowest BCUT2D eigenvalue weighted by Crippen LogP contribution is -2.29. The fourth-order valence-corrected chi connectivity index (χ4v) is 3.70. The molecule has 2 rings (SSSR count). The molecule has 0 saturated heterocycles. The van der Waals surface area contributed by atoms with Gasteiger partial charge < -0.3 is 0 Å². The summed E-state index contributed by atoms with van der Waals surface area (Å²) in [6.45, 7) is 5.62. The number of nitro benzene ring substituents is 1. The van der Waals surface area contributed by atoms with E-state index in [0.717, 1.165) is 31.0 Å². The molecule has 8 heteroatoms. The van der Waals surface area contributed by atoms with Crippen molar-refractivity contribution >= 4 is 21.4 Å². The van der Waals surface area contributed by atoms with Crippen LogP contribution < -0.4 is 4.83 Å². The van der Waals surface area contributed by atoms with Crippen molar-refractivity contribution < 1.29 is 13.3 Å². The van der Waals surface area contributed by atoms with E-state index in [2.05, 4.69) is 9.93 Å². The molecule has 0 aromatic heterocycles. The third kappa shape index (κ3) is 3.87. The molecule has 1 aromatic carbocycles.